The van der Waals surface area contributed by atoms with E-state index in [0.717, 1.165) is 6.42 Å². The summed E-state index contributed by atoms with van der Waals surface area (Å²) in [6, 6.07) is 0. The summed E-state index contributed by atoms with van der Waals surface area (Å²) in [4.78, 5) is 16.9. The third-order valence-corrected chi connectivity index (χ3v) is 1.93. The quantitative estimate of drug-likeness (QED) is 0.634. The zero-order chi connectivity index (χ0) is 8.91. The second kappa shape index (κ2) is 4.88. The zero-order valence-electron chi connectivity index (χ0n) is 6.86. The first-order chi connectivity index (χ1) is 4.99. The summed E-state index contributed by atoms with van der Waals surface area (Å²) in [6.45, 7) is 3.79. The molecule has 0 heterocycles. The van der Waals surface area contributed by atoms with E-state index in [1.54, 1.807) is 0 Å². The molecule has 0 bridgehead atoms. The van der Waals surface area contributed by atoms with Crippen LogP contribution in [0.4, 0.5) is 0 Å². The molecule has 1 unspecified atom stereocenters. The third kappa shape index (κ3) is 6.51. The molecule has 0 aliphatic heterocycles. The van der Waals surface area contributed by atoms with E-state index in [1.807, 2.05) is 13.8 Å². The standard InChI is InChI=1S/C6H15O4P/c1-3-5-6(4-2)10-11(7,8)9/h6H,3-5H2,1-2H3,(H2,7,8,9). The van der Waals surface area contributed by atoms with Gasteiger partial charge in [0, 0.05) is 0 Å². The Hall–Kier alpha value is 0.110. The number of hydrogen-bond acceptors (Lipinski definition) is 2. The van der Waals surface area contributed by atoms with Crippen LogP contribution in [0.25, 0.3) is 0 Å². The predicted molar refractivity (Wildman–Crippen MR) is 42.1 cm³/mol. The highest BCUT2D eigenvalue weighted by atomic mass is 31.2. The molecule has 0 aliphatic rings. The van der Waals surface area contributed by atoms with Crippen molar-refractivity contribution in [3.63, 3.8) is 0 Å². The van der Waals surface area contributed by atoms with Gasteiger partial charge in [-0.05, 0) is 12.8 Å². The van der Waals surface area contributed by atoms with Gasteiger partial charge in [0.15, 0.2) is 0 Å². The molecule has 0 saturated heterocycles. The molecule has 68 valence electrons. The van der Waals surface area contributed by atoms with Crippen LogP contribution in [0.3, 0.4) is 0 Å². The fourth-order valence-corrected chi connectivity index (χ4v) is 1.49. The molecule has 0 spiro atoms. The highest BCUT2D eigenvalue weighted by Gasteiger charge is 2.19. The molecule has 0 aliphatic carbocycles. The van der Waals surface area contributed by atoms with Crippen LogP contribution < -0.4 is 0 Å². The molecule has 0 radical (unpaired) electrons. The lowest BCUT2D eigenvalue weighted by Gasteiger charge is -2.14. The summed E-state index contributed by atoms with van der Waals surface area (Å²) < 4.78 is 14.8. The van der Waals surface area contributed by atoms with Gasteiger partial charge in [-0.25, -0.2) is 4.57 Å². The first kappa shape index (κ1) is 11.1. The molecule has 1 atom stereocenters. The van der Waals surface area contributed by atoms with Crippen LogP contribution in [0.5, 0.6) is 0 Å². The minimum atomic E-state index is -4.27. The number of phosphoric ester groups is 1. The molecule has 0 rings (SSSR count). The molecular formula is C6H15O4P. The molecule has 0 aromatic rings. The summed E-state index contributed by atoms with van der Waals surface area (Å²) in [7, 11) is -4.27. The average molecular weight is 182 g/mol. The zero-order valence-corrected chi connectivity index (χ0v) is 7.75. The van der Waals surface area contributed by atoms with Gasteiger partial charge in [0.05, 0.1) is 6.10 Å². The minimum Gasteiger partial charge on any atom is -0.303 e. The van der Waals surface area contributed by atoms with Gasteiger partial charge >= 0.3 is 7.82 Å². The Labute approximate surface area is 66.8 Å². The van der Waals surface area contributed by atoms with Crippen molar-refractivity contribution in [1.29, 1.82) is 0 Å². The first-order valence-electron chi connectivity index (χ1n) is 3.73. The lowest BCUT2D eigenvalue weighted by atomic mass is 10.2. The number of phosphoric acid groups is 1. The Bertz CT molecular complexity index is 142. The van der Waals surface area contributed by atoms with Crippen molar-refractivity contribution in [2.75, 3.05) is 0 Å². The summed E-state index contributed by atoms with van der Waals surface area (Å²) in [5, 5.41) is 0. The van der Waals surface area contributed by atoms with Crippen molar-refractivity contribution in [3.05, 3.63) is 0 Å². The SMILES string of the molecule is CCCC(CC)OP(=O)(O)O. The smallest absolute Gasteiger partial charge is 0.303 e. The van der Waals surface area contributed by atoms with Gasteiger partial charge in [-0.3, -0.25) is 4.52 Å². The van der Waals surface area contributed by atoms with E-state index >= 15 is 0 Å². The molecule has 0 aromatic heterocycles. The Morgan fingerprint density at radius 2 is 2.00 bits per heavy atom. The monoisotopic (exact) mass is 182 g/mol. The van der Waals surface area contributed by atoms with Crippen LogP contribution in [-0.2, 0) is 9.09 Å². The molecular weight excluding hydrogens is 167 g/mol. The van der Waals surface area contributed by atoms with Gasteiger partial charge in [-0.2, -0.15) is 0 Å². The average Bonchev–Trinajstić information content (AvgIpc) is 1.84. The summed E-state index contributed by atoms with van der Waals surface area (Å²) in [5.74, 6) is 0. The summed E-state index contributed by atoms with van der Waals surface area (Å²) >= 11 is 0. The number of rotatable bonds is 5. The molecule has 5 heteroatoms. The normalized spacial score (nSPS) is 14.9. The van der Waals surface area contributed by atoms with Crippen LogP contribution in [0.1, 0.15) is 33.1 Å². The summed E-state index contributed by atoms with van der Waals surface area (Å²) in [5.41, 5.74) is 0. The first-order valence-corrected chi connectivity index (χ1v) is 5.26. The molecule has 11 heavy (non-hydrogen) atoms. The third-order valence-electron chi connectivity index (χ3n) is 1.35. The Morgan fingerprint density at radius 3 is 2.27 bits per heavy atom. The van der Waals surface area contributed by atoms with Gasteiger partial charge in [0.2, 0.25) is 0 Å². The highest BCUT2D eigenvalue weighted by molar-refractivity contribution is 7.46. The van der Waals surface area contributed by atoms with Crippen LogP contribution in [-0.4, -0.2) is 15.9 Å². The Balaban J connectivity index is 3.78. The Kier molecular flexibility index (Phi) is 4.93. The maximum absolute atomic E-state index is 10.3. The van der Waals surface area contributed by atoms with E-state index in [1.165, 1.54) is 0 Å². The van der Waals surface area contributed by atoms with Crippen molar-refractivity contribution in [2.45, 2.75) is 39.2 Å². The second-order valence-electron chi connectivity index (χ2n) is 2.41. The van der Waals surface area contributed by atoms with Crippen molar-refractivity contribution >= 4 is 7.82 Å². The molecule has 0 saturated carbocycles. The van der Waals surface area contributed by atoms with Crippen molar-refractivity contribution in [3.8, 4) is 0 Å². The van der Waals surface area contributed by atoms with Gasteiger partial charge < -0.3 is 9.79 Å². The lowest BCUT2D eigenvalue weighted by molar-refractivity contribution is 0.123. The second-order valence-corrected chi connectivity index (χ2v) is 3.61. The number of hydrogen-bond donors (Lipinski definition) is 2. The van der Waals surface area contributed by atoms with E-state index in [2.05, 4.69) is 4.52 Å². The molecule has 2 N–H and O–H groups in total. The van der Waals surface area contributed by atoms with Crippen LogP contribution >= 0.6 is 7.82 Å². The lowest BCUT2D eigenvalue weighted by Crippen LogP contribution is -2.09. The van der Waals surface area contributed by atoms with Crippen LogP contribution in [0, 0.1) is 0 Å². The predicted octanol–water partition coefficient (Wildman–Crippen LogP) is 1.67. The largest absolute Gasteiger partial charge is 0.469 e. The fourth-order valence-electron chi connectivity index (χ4n) is 0.848. The van der Waals surface area contributed by atoms with Gasteiger partial charge in [-0.1, -0.05) is 20.3 Å². The molecule has 0 aromatic carbocycles. The van der Waals surface area contributed by atoms with Crippen LogP contribution in [0.2, 0.25) is 0 Å². The van der Waals surface area contributed by atoms with Crippen molar-refractivity contribution < 1.29 is 18.9 Å². The van der Waals surface area contributed by atoms with Crippen molar-refractivity contribution in [2.24, 2.45) is 0 Å². The molecule has 0 amide bonds. The van der Waals surface area contributed by atoms with Crippen molar-refractivity contribution in [1.82, 2.24) is 0 Å². The Morgan fingerprint density at radius 1 is 1.45 bits per heavy atom. The fraction of sp³-hybridized carbons (Fsp3) is 1.00. The van der Waals surface area contributed by atoms with Gasteiger partial charge in [0.1, 0.15) is 0 Å². The summed E-state index contributed by atoms with van der Waals surface area (Å²) in [6.07, 6.45) is 1.90. The molecule has 4 nitrogen and oxygen atoms in total. The minimum absolute atomic E-state index is 0.305. The van der Waals surface area contributed by atoms with E-state index in [-0.39, 0.29) is 6.10 Å². The maximum atomic E-state index is 10.3. The van der Waals surface area contributed by atoms with E-state index in [9.17, 15) is 4.57 Å². The van der Waals surface area contributed by atoms with Gasteiger partial charge in [-0.15, -0.1) is 0 Å². The maximum Gasteiger partial charge on any atom is 0.469 e. The van der Waals surface area contributed by atoms with Gasteiger partial charge in [0.25, 0.3) is 0 Å². The van der Waals surface area contributed by atoms with E-state index in [4.69, 9.17) is 9.79 Å². The van der Waals surface area contributed by atoms with E-state index in [0.29, 0.717) is 12.8 Å². The highest BCUT2D eigenvalue weighted by Crippen LogP contribution is 2.39. The van der Waals surface area contributed by atoms with E-state index < -0.39 is 7.82 Å². The topological polar surface area (TPSA) is 66.8 Å². The molecule has 0 fully saturated rings. The van der Waals surface area contributed by atoms with Crippen LogP contribution in [0.15, 0.2) is 0 Å².